The third-order valence-corrected chi connectivity index (χ3v) is 4.35. The molecule has 0 aromatic heterocycles. The maximum atomic E-state index is 11.2. The monoisotopic (exact) mass is 498 g/mol. The highest BCUT2D eigenvalue weighted by Gasteiger charge is 2.19. The molecular weight excluding hydrogens is 460 g/mol. The van der Waals surface area contributed by atoms with E-state index in [2.05, 4.69) is 11.5 Å². The average Bonchev–Trinajstić information content (AvgIpc) is 2.68. The number of aliphatic carboxylic acids is 2. The third-order valence-electron chi connectivity index (χ3n) is 3.07. The molecule has 0 aliphatic rings. The van der Waals surface area contributed by atoms with Gasteiger partial charge in [0.15, 0.2) is 12.1 Å². The van der Waals surface area contributed by atoms with E-state index in [9.17, 15) is 29.4 Å². The minimum atomic E-state index is -1.55. The van der Waals surface area contributed by atoms with Crippen molar-refractivity contribution in [1.82, 2.24) is 0 Å². The first-order valence-corrected chi connectivity index (χ1v) is 12.7. The van der Waals surface area contributed by atoms with Crippen molar-refractivity contribution >= 4 is 47.4 Å². The van der Waals surface area contributed by atoms with Crippen molar-refractivity contribution in [1.29, 1.82) is 0 Å². The van der Waals surface area contributed by atoms with Gasteiger partial charge in [-0.1, -0.05) is 0 Å². The van der Waals surface area contributed by atoms with Gasteiger partial charge in [0.25, 0.3) is 0 Å². The fraction of sp³-hybridized carbons (Fsp3) is 0.700. The van der Waals surface area contributed by atoms with Crippen LogP contribution in [0.3, 0.4) is 0 Å². The van der Waals surface area contributed by atoms with Gasteiger partial charge in [0.1, 0.15) is 0 Å². The molecule has 0 aliphatic carbocycles. The van der Waals surface area contributed by atoms with Crippen LogP contribution < -0.4 is 21.7 Å². The van der Waals surface area contributed by atoms with Crippen molar-refractivity contribution < 1.29 is 50.3 Å². The van der Waals surface area contributed by atoms with Crippen molar-refractivity contribution in [3.8, 4) is 0 Å². The van der Waals surface area contributed by atoms with E-state index >= 15 is 0 Å². The summed E-state index contributed by atoms with van der Waals surface area (Å²) in [7, 11) is 0. The van der Waals surface area contributed by atoms with Gasteiger partial charge in [-0.3, -0.25) is 0 Å². The number of carbonyl (C=O) groups is 4. The number of quaternary nitrogens is 2. The van der Waals surface area contributed by atoms with Gasteiger partial charge in [-0.15, -0.1) is 0 Å². The van der Waals surface area contributed by atoms with Gasteiger partial charge in [-0.25, -0.2) is 9.59 Å². The van der Waals surface area contributed by atoms with E-state index in [-0.39, 0.29) is 36.2 Å². The van der Waals surface area contributed by atoms with Crippen LogP contribution in [0.5, 0.6) is 0 Å². The Morgan fingerprint density at radius 1 is 0.750 bits per heavy atom. The van der Waals surface area contributed by atoms with E-state index in [1.807, 2.05) is 40.2 Å². The molecule has 0 radical (unpaired) electrons. The van der Waals surface area contributed by atoms with Crippen molar-refractivity contribution in [3.05, 3.63) is 12.2 Å². The first kappa shape index (κ1) is 34.8. The van der Waals surface area contributed by atoms with Crippen LogP contribution in [0.4, 0.5) is 0 Å². The van der Waals surface area contributed by atoms with Crippen LogP contribution in [-0.2, 0) is 28.7 Å². The molecule has 32 heavy (non-hydrogen) atoms. The summed E-state index contributed by atoms with van der Waals surface area (Å²) in [6.07, 6.45) is 6.33. The molecule has 2 atom stereocenters. The van der Waals surface area contributed by atoms with E-state index < -0.39 is 11.9 Å². The Labute approximate surface area is 198 Å². The topological polar surface area (TPSA) is 188 Å². The maximum absolute atomic E-state index is 11.2. The average molecular weight is 499 g/mol. The van der Waals surface area contributed by atoms with Crippen molar-refractivity contribution in [2.45, 2.75) is 64.8 Å². The number of carbonyl (C=O) groups excluding carboxylic acids is 4. The molecule has 0 bridgehead atoms. The highest BCUT2D eigenvalue weighted by Crippen LogP contribution is 2.01. The van der Waals surface area contributed by atoms with Crippen LogP contribution in [0.15, 0.2) is 12.2 Å². The first-order valence-electron chi connectivity index (χ1n) is 9.93. The molecule has 0 rings (SSSR count). The van der Waals surface area contributed by atoms with Crippen LogP contribution >= 0.6 is 23.5 Å². The predicted octanol–water partition coefficient (Wildman–Crippen LogP) is -2.35. The lowest BCUT2D eigenvalue weighted by atomic mass is 10.2. The molecule has 2 unspecified atom stereocenters. The molecule has 12 heteroatoms. The molecule has 188 valence electrons. The number of hydrogen-bond donors (Lipinski definition) is 2. The number of carboxylic acid groups (broad SMARTS) is 2. The zero-order valence-corrected chi connectivity index (χ0v) is 21.4. The minimum Gasteiger partial charge on any atom is -0.545 e. The smallest absolute Gasteiger partial charge is 0.365 e. The quantitative estimate of drug-likeness (QED) is 0.218. The molecule has 0 fully saturated rings. The normalized spacial score (nSPS) is 12.2. The first-order chi connectivity index (χ1) is 14.8. The number of carboxylic acids is 2. The van der Waals surface area contributed by atoms with E-state index in [1.54, 1.807) is 23.5 Å². The van der Waals surface area contributed by atoms with Crippen LogP contribution in [-0.4, -0.2) is 72.2 Å². The number of thioether (sulfide) groups is 2. The Hall–Kier alpha value is -1.76. The zero-order valence-electron chi connectivity index (χ0n) is 19.8. The Morgan fingerprint density at radius 3 is 1.22 bits per heavy atom. The molecule has 0 aromatic carbocycles. The van der Waals surface area contributed by atoms with E-state index in [0.29, 0.717) is 12.2 Å². The van der Waals surface area contributed by atoms with Gasteiger partial charge in [-0.05, 0) is 63.9 Å². The van der Waals surface area contributed by atoms with Gasteiger partial charge in [0.2, 0.25) is 0 Å². The summed E-state index contributed by atoms with van der Waals surface area (Å²) in [5.41, 5.74) is 7.48. The molecule has 10 nitrogen and oxygen atoms in total. The fourth-order valence-electron chi connectivity index (χ4n) is 1.55. The summed E-state index contributed by atoms with van der Waals surface area (Å²) in [6.45, 7) is 7.39. The van der Waals surface area contributed by atoms with Crippen molar-refractivity contribution in [2.24, 2.45) is 0 Å². The lowest BCUT2D eigenvalue weighted by Gasteiger charge is -2.10. The molecule has 0 aliphatic heterocycles. The van der Waals surface area contributed by atoms with E-state index in [0.717, 1.165) is 24.3 Å². The Morgan fingerprint density at radius 2 is 1.03 bits per heavy atom. The summed E-state index contributed by atoms with van der Waals surface area (Å²) >= 11 is 3.44. The summed E-state index contributed by atoms with van der Waals surface area (Å²) in [6, 6.07) is -0.417. The highest BCUT2D eigenvalue weighted by atomic mass is 32.2. The number of esters is 2. The second-order valence-corrected chi connectivity index (χ2v) is 8.87. The Kier molecular flexibility index (Phi) is 24.4. The number of ether oxygens (including phenoxy) is 2. The highest BCUT2D eigenvalue weighted by molar-refractivity contribution is 7.98. The van der Waals surface area contributed by atoms with E-state index in [4.69, 9.17) is 9.47 Å². The van der Waals surface area contributed by atoms with Crippen LogP contribution in [0.1, 0.15) is 40.5 Å². The number of rotatable bonds is 12. The molecular formula is C20H38N2O8S2. The SMILES string of the molecule is CSCCC([NH3+])C(=O)OC(C)C.CSCCC([NH3+])C(=O)OC(C)C.O=C([O-])/C=C/C(=O)[O-]. The van der Waals surface area contributed by atoms with Gasteiger partial charge in [0, 0.05) is 12.8 Å². The van der Waals surface area contributed by atoms with Crippen LogP contribution in [0, 0.1) is 0 Å². The van der Waals surface area contributed by atoms with Gasteiger partial charge < -0.3 is 40.7 Å². The molecule has 0 aromatic rings. The lowest BCUT2D eigenvalue weighted by Crippen LogP contribution is -2.65. The second-order valence-electron chi connectivity index (χ2n) is 6.90. The van der Waals surface area contributed by atoms with Crippen molar-refractivity contribution in [3.63, 3.8) is 0 Å². The van der Waals surface area contributed by atoms with Gasteiger partial charge >= 0.3 is 11.9 Å². The summed E-state index contributed by atoms with van der Waals surface area (Å²) in [5, 5.41) is 18.8. The Bertz CT molecular complexity index is 524. The largest absolute Gasteiger partial charge is 0.545 e. The second kappa shape index (κ2) is 22.4. The maximum Gasteiger partial charge on any atom is 0.365 e. The summed E-state index contributed by atoms with van der Waals surface area (Å²) in [4.78, 5) is 41.2. The van der Waals surface area contributed by atoms with Gasteiger partial charge in [0.05, 0.1) is 24.1 Å². The van der Waals surface area contributed by atoms with Crippen LogP contribution in [0.2, 0.25) is 0 Å². The zero-order chi connectivity index (χ0) is 25.7. The summed E-state index contributed by atoms with van der Waals surface area (Å²) < 4.78 is 10.00. The standard InChI is InChI=1S/2C8H17NO2S.C4H4O4/c2*1-6(2)11-8(10)7(9)4-5-12-3;5-3(6)1-2-4(7)8/h2*6-7H,4-5,9H2,1-3H3;1-2H,(H,5,6)(H,7,8)/b;;2-1+. The molecule has 0 saturated carbocycles. The third kappa shape index (κ3) is 28.2. The molecule has 0 saturated heterocycles. The molecule has 0 amide bonds. The fourth-order valence-corrected chi connectivity index (χ4v) is 2.59. The molecule has 6 N–H and O–H groups in total. The van der Waals surface area contributed by atoms with Crippen molar-refractivity contribution in [2.75, 3.05) is 24.0 Å². The Balaban J connectivity index is -0.000000404. The lowest BCUT2D eigenvalue weighted by molar-refractivity contribution is -0.409. The molecule has 0 spiro atoms. The predicted molar refractivity (Wildman–Crippen MR) is 121 cm³/mol. The number of hydrogen-bond acceptors (Lipinski definition) is 10. The van der Waals surface area contributed by atoms with E-state index in [1.165, 1.54) is 0 Å². The van der Waals surface area contributed by atoms with Crippen LogP contribution in [0.25, 0.3) is 0 Å². The summed E-state index contributed by atoms with van der Waals surface area (Å²) in [5.74, 6) is -1.54. The minimum absolute atomic E-state index is 0.0315. The van der Waals surface area contributed by atoms with Gasteiger partial charge in [-0.2, -0.15) is 23.5 Å². The molecule has 0 heterocycles.